The van der Waals surface area contributed by atoms with Gasteiger partial charge in [-0.25, -0.2) is 8.78 Å². The molecular formula is C17H14ClF2NO3. The van der Waals surface area contributed by atoms with Gasteiger partial charge < -0.3 is 10.1 Å². The van der Waals surface area contributed by atoms with Gasteiger partial charge >= 0.3 is 5.97 Å². The Hall–Kier alpha value is -2.47. The second-order valence-corrected chi connectivity index (χ2v) is 5.42. The van der Waals surface area contributed by atoms with E-state index in [1.165, 1.54) is 6.92 Å². The smallest absolute Gasteiger partial charge is 0.311 e. The van der Waals surface area contributed by atoms with Crippen LogP contribution in [0.15, 0.2) is 42.5 Å². The molecule has 0 aliphatic heterocycles. The van der Waals surface area contributed by atoms with Gasteiger partial charge in [-0.3, -0.25) is 9.59 Å². The topological polar surface area (TPSA) is 55.4 Å². The fraction of sp³-hybridized carbons (Fsp3) is 0.176. The van der Waals surface area contributed by atoms with E-state index in [1.54, 1.807) is 24.3 Å². The molecule has 2 rings (SSSR count). The highest BCUT2D eigenvalue weighted by atomic mass is 35.5. The molecule has 0 fully saturated rings. The van der Waals surface area contributed by atoms with Gasteiger partial charge in [-0.2, -0.15) is 0 Å². The lowest BCUT2D eigenvalue weighted by Crippen LogP contribution is -2.30. The first-order valence-corrected chi connectivity index (χ1v) is 7.43. The van der Waals surface area contributed by atoms with E-state index < -0.39 is 29.6 Å². The maximum atomic E-state index is 13.5. The Morgan fingerprint density at radius 2 is 1.92 bits per heavy atom. The van der Waals surface area contributed by atoms with E-state index in [-0.39, 0.29) is 12.1 Å². The Labute approximate surface area is 142 Å². The molecule has 126 valence electrons. The summed E-state index contributed by atoms with van der Waals surface area (Å²) in [5.41, 5.74) is 0.372. The Morgan fingerprint density at radius 1 is 1.21 bits per heavy atom. The van der Waals surface area contributed by atoms with Gasteiger partial charge in [0.1, 0.15) is 11.6 Å². The maximum absolute atomic E-state index is 13.5. The minimum Gasteiger partial charge on any atom is -0.452 e. The van der Waals surface area contributed by atoms with Crippen LogP contribution >= 0.6 is 11.6 Å². The van der Waals surface area contributed by atoms with Crippen molar-refractivity contribution in [2.75, 3.05) is 5.32 Å². The van der Waals surface area contributed by atoms with Gasteiger partial charge in [-0.15, -0.1) is 0 Å². The van der Waals surface area contributed by atoms with Crippen LogP contribution in [0.2, 0.25) is 5.02 Å². The molecule has 0 saturated carbocycles. The summed E-state index contributed by atoms with van der Waals surface area (Å²) in [6, 6.07) is 9.49. The predicted octanol–water partition coefficient (Wildman–Crippen LogP) is 3.73. The van der Waals surface area contributed by atoms with Crippen LogP contribution in [0.25, 0.3) is 0 Å². The van der Waals surface area contributed by atoms with E-state index in [2.05, 4.69) is 5.32 Å². The number of carbonyl (C=O) groups excluding carboxylic acids is 2. The Balaban J connectivity index is 1.93. The van der Waals surface area contributed by atoms with Crippen molar-refractivity contribution in [3.8, 4) is 0 Å². The third-order valence-electron chi connectivity index (χ3n) is 3.16. The van der Waals surface area contributed by atoms with Crippen molar-refractivity contribution in [2.45, 2.75) is 19.4 Å². The SMILES string of the molecule is C[C@H](OC(=O)Cc1ccccc1Cl)C(=O)Nc1ccc(F)cc1F. The van der Waals surface area contributed by atoms with Gasteiger partial charge in [0.05, 0.1) is 12.1 Å². The second-order valence-electron chi connectivity index (χ2n) is 5.01. The molecule has 1 N–H and O–H groups in total. The number of hydrogen-bond donors (Lipinski definition) is 1. The van der Waals surface area contributed by atoms with E-state index in [1.807, 2.05) is 0 Å². The summed E-state index contributed by atoms with van der Waals surface area (Å²) >= 11 is 5.95. The minimum atomic E-state index is -1.15. The van der Waals surface area contributed by atoms with Crippen molar-refractivity contribution < 1.29 is 23.1 Å². The summed E-state index contributed by atoms with van der Waals surface area (Å²) in [5, 5.41) is 2.65. The van der Waals surface area contributed by atoms with Crippen molar-refractivity contribution >= 4 is 29.2 Å². The van der Waals surface area contributed by atoms with Crippen molar-refractivity contribution in [3.05, 3.63) is 64.7 Å². The van der Waals surface area contributed by atoms with Crippen LogP contribution in [-0.2, 0) is 20.7 Å². The fourth-order valence-corrected chi connectivity index (χ4v) is 2.12. The first kappa shape index (κ1) is 17.9. The van der Waals surface area contributed by atoms with Crippen LogP contribution in [-0.4, -0.2) is 18.0 Å². The molecule has 4 nitrogen and oxygen atoms in total. The molecule has 2 aromatic carbocycles. The summed E-state index contributed by atoms with van der Waals surface area (Å²) in [4.78, 5) is 23.8. The van der Waals surface area contributed by atoms with Gasteiger partial charge in [0.2, 0.25) is 0 Å². The number of amides is 1. The molecule has 0 saturated heterocycles. The number of carbonyl (C=O) groups is 2. The molecule has 7 heteroatoms. The lowest BCUT2D eigenvalue weighted by atomic mass is 10.1. The number of anilines is 1. The summed E-state index contributed by atoms with van der Waals surface area (Å²) in [5.74, 6) is -3.05. The molecule has 1 amide bonds. The lowest BCUT2D eigenvalue weighted by Gasteiger charge is -2.14. The van der Waals surface area contributed by atoms with Crippen LogP contribution in [0.5, 0.6) is 0 Å². The molecule has 0 spiro atoms. The number of halogens is 3. The van der Waals surface area contributed by atoms with Gasteiger partial charge in [0, 0.05) is 11.1 Å². The van der Waals surface area contributed by atoms with Crippen LogP contribution < -0.4 is 5.32 Å². The van der Waals surface area contributed by atoms with Crippen LogP contribution in [0.4, 0.5) is 14.5 Å². The highest BCUT2D eigenvalue weighted by Gasteiger charge is 2.20. The standard InChI is InChI=1S/C17H14ClF2NO3/c1-10(17(23)21-15-7-6-12(19)9-14(15)20)24-16(22)8-11-4-2-3-5-13(11)18/h2-7,9-10H,8H2,1H3,(H,21,23)/t10-/m0/s1. The third-order valence-corrected chi connectivity index (χ3v) is 3.53. The summed E-state index contributed by atoms with van der Waals surface area (Å²) in [7, 11) is 0. The number of ether oxygens (including phenoxy) is 1. The van der Waals surface area contributed by atoms with Gasteiger partial charge in [-0.1, -0.05) is 29.8 Å². The number of esters is 1. The molecule has 0 heterocycles. The molecule has 0 aromatic heterocycles. The zero-order valence-electron chi connectivity index (χ0n) is 12.7. The number of hydrogen-bond acceptors (Lipinski definition) is 3. The number of nitrogens with one attached hydrogen (secondary N) is 1. The first-order valence-electron chi connectivity index (χ1n) is 7.05. The maximum Gasteiger partial charge on any atom is 0.311 e. The van der Waals surface area contributed by atoms with E-state index in [0.29, 0.717) is 16.7 Å². The van der Waals surface area contributed by atoms with Crippen molar-refractivity contribution in [2.24, 2.45) is 0 Å². The average molecular weight is 354 g/mol. The van der Waals surface area contributed by atoms with Gasteiger partial charge in [-0.05, 0) is 30.7 Å². The Morgan fingerprint density at radius 3 is 2.58 bits per heavy atom. The van der Waals surface area contributed by atoms with E-state index in [4.69, 9.17) is 16.3 Å². The van der Waals surface area contributed by atoms with Crippen LogP contribution in [0, 0.1) is 11.6 Å². The minimum absolute atomic E-state index is 0.0950. The molecule has 1 atom stereocenters. The summed E-state index contributed by atoms with van der Waals surface area (Å²) < 4.78 is 31.3. The zero-order valence-corrected chi connectivity index (χ0v) is 13.4. The van der Waals surface area contributed by atoms with Gasteiger partial charge in [0.25, 0.3) is 5.91 Å². The molecule has 0 aliphatic carbocycles. The van der Waals surface area contributed by atoms with E-state index in [9.17, 15) is 18.4 Å². The summed E-state index contributed by atoms with van der Waals surface area (Å²) in [6.07, 6.45) is -1.24. The predicted molar refractivity (Wildman–Crippen MR) is 85.7 cm³/mol. The van der Waals surface area contributed by atoms with Crippen LogP contribution in [0.3, 0.4) is 0 Å². The third kappa shape index (κ3) is 4.76. The number of benzene rings is 2. The second kappa shape index (κ2) is 7.88. The van der Waals surface area contributed by atoms with Crippen molar-refractivity contribution in [1.29, 1.82) is 0 Å². The number of rotatable bonds is 5. The lowest BCUT2D eigenvalue weighted by molar-refractivity contribution is -0.152. The molecular weight excluding hydrogens is 340 g/mol. The molecule has 24 heavy (non-hydrogen) atoms. The molecule has 2 aromatic rings. The Kier molecular flexibility index (Phi) is 5.87. The van der Waals surface area contributed by atoms with Crippen molar-refractivity contribution in [1.82, 2.24) is 0 Å². The first-order chi connectivity index (χ1) is 11.4. The molecule has 0 radical (unpaired) electrons. The zero-order chi connectivity index (χ0) is 17.7. The molecule has 0 unspecified atom stereocenters. The monoisotopic (exact) mass is 353 g/mol. The quantitative estimate of drug-likeness (QED) is 0.833. The Bertz CT molecular complexity index is 767. The highest BCUT2D eigenvalue weighted by Crippen LogP contribution is 2.17. The molecule has 0 aliphatic rings. The van der Waals surface area contributed by atoms with Gasteiger partial charge in [0.15, 0.2) is 6.10 Å². The fourth-order valence-electron chi connectivity index (χ4n) is 1.91. The normalized spacial score (nSPS) is 11.7. The van der Waals surface area contributed by atoms with Crippen molar-refractivity contribution in [3.63, 3.8) is 0 Å². The van der Waals surface area contributed by atoms with E-state index in [0.717, 1.165) is 12.1 Å². The van der Waals surface area contributed by atoms with Crippen LogP contribution in [0.1, 0.15) is 12.5 Å². The van der Waals surface area contributed by atoms with E-state index >= 15 is 0 Å². The molecule has 0 bridgehead atoms. The average Bonchev–Trinajstić information content (AvgIpc) is 2.52. The largest absolute Gasteiger partial charge is 0.452 e. The highest BCUT2D eigenvalue weighted by molar-refractivity contribution is 6.31. The summed E-state index contributed by atoms with van der Waals surface area (Å²) in [6.45, 7) is 1.35.